The quantitative estimate of drug-likeness (QED) is 0.684. The molecular formula is C9H14N2O2S. The predicted octanol–water partition coefficient (Wildman–Crippen LogP) is 0.855. The molecule has 2 bridgehead atoms. The lowest BCUT2D eigenvalue weighted by Crippen LogP contribution is -2.40. The predicted molar refractivity (Wildman–Crippen MR) is 51.9 cm³/mol. The van der Waals surface area contributed by atoms with Crippen LogP contribution >= 0.6 is 0 Å². The number of rotatable bonds is 2. The molecule has 0 spiro atoms. The first-order valence-corrected chi connectivity index (χ1v) is 6.49. The Kier molecular flexibility index (Phi) is 2.28. The van der Waals surface area contributed by atoms with Crippen molar-refractivity contribution in [1.82, 2.24) is 4.31 Å². The molecule has 4 nitrogen and oxygen atoms in total. The molecule has 0 aromatic rings. The van der Waals surface area contributed by atoms with Crippen LogP contribution in [-0.4, -0.2) is 30.1 Å². The minimum atomic E-state index is -3.35. The van der Waals surface area contributed by atoms with Gasteiger partial charge in [0.15, 0.2) is 5.25 Å². The lowest BCUT2D eigenvalue weighted by molar-refractivity contribution is 0.394. The van der Waals surface area contributed by atoms with Gasteiger partial charge in [-0.1, -0.05) is 0 Å². The second-order valence-corrected chi connectivity index (χ2v) is 6.27. The van der Waals surface area contributed by atoms with E-state index in [-0.39, 0.29) is 12.1 Å². The zero-order chi connectivity index (χ0) is 10.3. The summed E-state index contributed by atoms with van der Waals surface area (Å²) in [6, 6.07) is 2.18. The number of hydrogen-bond acceptors (Lipinski definition) is 3. The number of fused-ring (bicyclic) bond motifs is 2. The van der Waals surface area contributed by atoms with Crippen LogP contribution in [0.3, 0.4) is 0 Å². The normalized spacial score (nSPS) is 34.3. The average Bonchev–Trinajstić information content (AvgIpc) is 2.75. The number of hydrogen-bond donors (Lipinski definition) is 0. The first-order chi connectivity index (χ1) is 6.57. The topological polar surface area (TPSA) is 61.2 Å². The first-order valence-electron chi connectivity index (χ1n) is 4.99. The van der Waals surface area contributed by atoms with Crippen molar-refractivity contribution in [2.75, 3.05) is 0 Å². The van der Waals surface area contributed by atoms with E-state index in [1.54, 1.807) is 4.31 Å². The number of nitrogens with zero attached hydrogens (tertiary/aromatic N) is 2. The molecule has 5 heteroatoms. The van der Waals surface area contributed by atoms with Crippen molar-refractivity contribution in [3.05, 3.63) is 0 Å². The fourth-order valence-electron chi connectivity index (χ4n) is 2.53. The maximum absolute atomic E-state index is 11.9. The molecule has 0 aliphatic carbocycles. The van der Waals surface area contributed by atoms with Gasteiger partial charge in [0.1, 0.15) is 0 Å². The van der Waals surface area contributed by atoms with Crippen LogP contribution in [0.2, 0.25) is 0 Å². The highest BCUT2D eigenvalue weighted by Gasteiger charge is 2.47. The van der Waals surface area contributed by atoms with Crippen molar-refractivity contribution in [2.24, 2.45) is 0 Å². The number of nitriles is 1. The third-order valence-electron chi connectivity index (χ3n) is 3.31. The molecule has 0 radical (unpaired) electrons. The van der Waals surface area contributed by atoms with Crippen LogP contribution in [0.1, 0.15) is 32.6 Å². The molecule has 14 heavy (non-hydrogen) atoms. The molecule has 2 heterocycles. The van der Waals surface area contributed by atoms with Crippen molar-refractivity contribution in [3.63, 3.8) is 0 Å². The van der Waals surface area contributed by atoms with Gasteiger partial charge in [-0.25, -0.2) is 8.42 Å². The Morgan fingerprint density at radius 3 is 2.07 bits per heavy atom. The van der Waals surface area contributed by atoms with Gasteiger partial charge >= 0.3 is 0 Å². The molecule has 78 valence electrons. The lowest BCUT2D eigenvalue weighted by Gasteiger charge is -2.22. The van der Waals surface area contributed by atoms with Crippen molar-refractivity contribution >= 4 is 10.0 Å². The van der Waals surface area contributed by atoms with Crippen LogP contribution < -0.4 is 0 Å². The maximum Gasteiger partial charge on any atom is 0.230 e. The van der Waals surface area contributed by atoms with Crippen LogP contribution in [0, 0.1) is 11.3 Å². The van der Waals surface area contributed by atoms with Crippen molar-refractivity contribution in [2.45, 2.75) is 49.9 Å². The molecule has 1 unspecified atom stereocenters. The fraction of sp³-hybridized carbons (Fsp3) is 0.889. The van der Waals surface area contributed by atoms with Gasteiger partial charge < -0.3 is 0 Å². The Morgan fingerprint density at radius 1 is 1.29 bits per heavy atom. The highest BCUT2D eigenvalue weighted by atomic mass is 32.2. The molecule has 2 rings (SSSR count). The molecule has 0 aromatic heterocycles. The van der Waals surface area contributed by atoms with Crippen molar-refractivity contribution < 1.29 is 8.42 Å². The molecular weight excluding hydrogens is 200 g/mol. The summed E-state index contributed by atoms with van der Waals surface area (Å²) in [5.74, 6) is 0. The molecule has 1 atom stereocenters. The largest absolute Gasteiger partial charge is 0.230 e. The second kappa shape index (κ2) is 3.21. The zero-order valence-electron chi connectivity index (χ0n) is 8.18. The van der Waals surface area contributed by atoms with Crippen LogP contribution in [0.4, 0.5) is 0 Å². The van der Waals surface area contributed by atoms with Crippen molar-refractivity contribution in [1.29, 1.82) is 5.26 Å². The number of sulfonamides is 1. The minimum absolute atomic E-state index is 0.181. The molecule has 2 saturated heterocycles. The summed E-state index contributed by atoms with van der Waals surface area (Å²) in [5, 5.41) is 7.77. The molecule has 0 N–H and O–H groups in total. The Bertz CT molecular complexity index is 351. The maximum atomic E-state index is 11.9. The molecule has 2 aliphatic heterocycles. The summed E-state index contributed by atoms with van der Waals surface area (Å²) >= 11 is 0. The summed E-state index contributed by atoms with van der Waals surface area (Å²) in [4.78, 5) is 0. The van der Waals surface area contributed by atoms with Gasteiger partial charge in [-0.3, -0.25) is 0 Å². The summed E-state index contributed by atoms with van der Waals surface area (Å²) in [6.45, 7) is 1.47. The van der Waals surface area contributed by atoms with Crippen LogP contribution in [0.5, 0.6) is 0 Å². The van der Waals surface area contributed by atoms with Crippen molar-refractivity contribution in [3.8, 4) is 6.07 Å². The third-order valence-corrected chi connectivity index (χ3v) is 5.49. The molecule has 2 aliphatic rings. The fourth-order valence-corrected chi connectivity index (χ4v) is 4.28. The smallest absolute Gasteiger partial charge is 0.211 e. The van der Waals surface area contributed by atoms with Gasteiger partial charge in [0, 0.05) is 12.1 Å². The SMILES string of the molecule is CC(C#N)S(=O)(=O)N1C2CCC1CC2. The monoisotopic (exact) mass is 214 g/mol. The molecule has 0 saturated carbocycles. The Labute approximate surface area is 84.6 Å². The van der Waals surface area contributed by atoms with E-state index < -0.39 is 15.3 Å². The Balaban J connectivity index is 2.29. The molecule has 0 amide bonds. The zero-order valence-corrected chi connectivity index (χ0v) is 9.00. The summed E-state index contributed by atoms with van der Waals surface area (Å²) < 4.78 is 25.5. The summed E-state index contributed by atoms with van der Waals surface area (Å²) in [7, 11) is -3.35. The Morgan fingerprint density at radius 2 is 1.71 bits per heavy atom. The van der Waals surface area contributed by atoms with Gasteiger partial charge in [0.25, 0.3) is 0 Å². The Hall–Kier alpha value is -0.600. The lowest BCUT2D eigenvalue weighted by atomic mass is 10.0. The van der Waals surface area contributed by atoms with E-state index in [4.69, 9.17) is 5.26 Å². The van der Waals surface area contributed by atoms with Gasteiger partial charge in [-0.05, 0) is 32.6 Å². The van der Waals surface area contributed by atoms with Gasteiger partial charge in [0.05, 0.1) is 6.07 Å². The van der Waals surface area contributed by atoms with Gasteiger partial charge in [-0.2, -0.15) is 9.57 Å². The van der Waals surface area contributed by atoms with Crippen LogP contribution in [0.25, 0.3) is 0 Å². The molecule has 0 aromatic carbocycles. The minimum Gasteiger partial charge on any atom is -0.211 e. The second-order valence-electron chi connectivity index (χ2n) is 4.11. The van der Waals surface area contributed by atoms with Gasteiger partial charge in [0.2, 0.25) is 10.0 Å². The van der Waals surface area contributed by atoms with E-state index in [1.807, 2.05) is 6.07 Å². The van der Waals surface area contributed by atoms with Crippen LogP contribution in [-0.2, 0) is 10.0 Å². The third kappa shape index (κ3) is 1.25. The summed E-state index contributed by atoms with van der Waals surface area (Å²) in [6.07, 6.45) is 3.90. The van der Waals surface area contributed by atoms with E-state index in [0.717, 1.165) is 25.7 Å². The standard InChI is InChI=1S/C9H14N2O2S/c1-7(6-10)14(12,13)11-8-2-3-9(11)5-4-8/h7-9H,2-5H2,1H3. The average molecular weight is 214 g/mol. The van der Waals surface area contributed by atoms with E-state index in [2.05, 4.69) is 0 Å². The molecule has 2 fully saturated rings. The van der Waals surface area contributed by atoms with E-state index in [1.165, 1.54) is 6.92 Å². The van der Waals surface area contributed by atoms with E-state index >= 15 is 0 Å². The van der Waals surface area contributed by atoms with E-state index in [0.29, 0.717) is 0 Å². The summed E-state index contributed by atoms with van der Waals surface area (Å²) in [5.41, 5.74) is 0. The van der Waals surface area contributed by atoms with Crippen LogP contribution in [0.15, 0.2) is 0 Å². The highest BCUT2D eigenvalue weighted by molar-refractivity contribution is 7.90. The highest BCUT2D eigenvalue weighted by Crippen LogP contribution is 2.40. The van der Waals surface area contributed by atoms with Gasteiger partial charge in [-0.15, -0.1) is 0 Å². The first kappa shape index (κ1) is 9.94. The van der Waals surface area contributed by atoms with E-state index in [9.17, 15) is 8.42 Å².